The maximum Gasteiger partial charge on any atom is 0.243 e. The number of oxazole rings is 1. The molecule has 5 rings (SSSR count). The molecule has 0 unspecified atom stereocenters. The molecule has 152 valence electrons. The highest BCUT2D eigenvalue weighted by molar-refractivity contribution is 7.89. The quantitative estimate of drug-likeness (QED) is 0.449. The third-order valence-electron chi connectivity index (χ3n) is 5.70. The lowest BCUT2D eigenvalue weighted by Gasteiger charge is -2.21. The molecule has 1 aliphatic heterocycles. The van der Waals surface area contributed by atoms with E-state index in [1.165, 1.54) is 9.87 Å². The minimum Gasteiger partial charge on any atom is -0.439 e. The zero-order valence-corrected chi connectivity index (χ0v) is 17.5. The van der Waals surface area contributed by atoms with Crippen LogP contribution in [0.5, 0.6) is 0 Å². The maximum atomic E-state index is 13.2. The van der Waals surface area contributed by atoms with Crippen molar-refractivity contribution in [3.05, 3.63) is 84.3 Å². The van der Waals surface area contributed by atoms with Gasteiger partial charge in [0.15, 0.2) is 5.58 Å². The normalized spacial score (nSPS) is 17.6. The first-order valence-corrected chi connectivity index (χ1v) is 11.5. The average Bonchev–Trinajstić information content (AvgIpc) is 3.41. The van der Waals surface area contributed by atoms with Crippen molar-refractivity contribution in [2.75, 3.05) is 6.54 Å². The fraction of sp³-hybridized carbons (Fsp3) is 0.208. The summed E-state index contributed by atoms with van der Waals surface area (Å²) in [5.74, 6) is 0.462. The van der Waals surface area contributed by atoms with E-state index in [1.54, 1.807) is 24.3 Å². The van der Waals surface area contributed by atoms with E-state index < -0.39 is 10.0 Å². The van der Waals surface area contributed by atoms with Gasteiger partial charge in [-0.25, -0.2) is 13.4 Å². The Labute approximate surface area is 176 Å². The molecular weight excluding hydrogens is 396 g/mol. The standard InChI is InChI=1S/C24H22N2O3S/c1-17-8-5-6-11-20(17)18-13-14-23-21(16-18)25-24(29-23)22-12-7-15-26(22)30(27,28)19-9-3-2-4-10-19/h2-6,8-11,13-14,16,22H,7,12,15H2,1H3/t22-/m1/s1. The summed E-state index contributed by atoms with van der Waals surface area (Å²) in [4.78, 5) is 5.00. The van der Waals surface area contributed by atoms with Crippen LogP contribution < -0.4 is 0 Å². The molecule has 1 fully saturated rings. The van der Waals surface area contributed by atoms with Crippen LogP contribution in [0, 0.1) is 6.92 Å². The number of benzene rings is 3. The van der Waals surface area contributed by atoms with Crippen LogP contribution in [0.25, 0.3) is 22.2 Å². The van der Waals surface area contributed by atoms with Crippen molar-refractivity contribution in [2.24, 2.45) is 0 Å². The fourth-order valence-electron chi connectivity index (χ4n) is 4.15. The fourth-order valence-corrected chi connectivity index (χ4v) is 5.83. The summed E-state index contributed by atoms with van der Waals surface area (Å²) >= 11 is 0. The number of sulfonamides is 1. The molecule has 1 aliphatic rings. The van der Waals surface area contributed by atoms with Gasteiger partial charge in [0.25, 0.3) is 0 Å². The number of rotatable bonds is 4. The Morgan fingerprint density at radius 2 is 1.77 bits per heavy atom. The van der Waals surface area contributed by atoms with Crippen LogP contribution in [0.3, 0.4) is 0 Å². The van der Waals surface area contributed by atoms with Gasteiger partial charge in [-0.3, -0.25) is 0 Å². The van der Waals surface area contributed by atoms with Gasteiger partial charge in [0.05, 0.1) is 4.90 Å². The zero-order chi connectivity index (χ0) is 20.7. The number of aromatic nitrogens is 1. The van der Waals surface area contributed by atoms with Crippen molar-refractivity contribution in [2.45, 2.75) is 30.7 Å². The highest BCUT2D eigenvalue weighted by Crippen LogP contribution is 2.38. The van der Waals surface area contributed by atoms with Crippen LogP contribution in [-0.4, -0.2) is 24.3 Å². The first-order valence-electron chi connectivity index (χ1n) is 10.1. The molecule has 0 bridgehead atoms. The van der Waals surface area contributed by atoms with Crippen molar-refractivity contribution in [1.29, 1.82) is 0 Å². The van der Waals surface area contributed by atoms with Crippen LogP contribution >= 0.6 is 0 Å². The average molecular weight is 419 g/mol. The second-order valence-electron chi connectivity index (χ2n) is 7.64. The highest BCUT2D eigenvalue weighted by Gasteiger charge is 2.38. The summed E-state index contributed by atoms with van der Waals surface area (Å²) in [6.45, 7) is 2.55. The lowest BCUT2D eigenvalue weighted by molar-refractivity contribution is 0.337. The van der Waals surface area contributed by atoms with Gasteiger partial charge in [0.1, 0.15) is 11.6 Å². The molecule has 1 aromatic heterocycles. The van der Waals surface area contributed by atoms with E-state index in [1.807, 2.05) is 36.4 Å². The van der Waals surface area contributed by atoms with E-state index in [0.717, 1.165) is 23.1 Å². The number of nitrogens with zero attached hydrogens (tertiary/aromatic N) is 2. The first-order chi connectivity index (χ1) is 14.5. The van der Waals surface area contributed by atoms with Gasteiger partial charge in [-0.05, 0) is 60.7 Å². The van der Waals surface area contributed by atoms with Gasteiger partial charge in [-0.2, -0.15) is 4.31 Å². The van der Waals surface area contributed by atoms with Crippen molar-refractivity contribution in [3.63, 3.8) is 0 Å². The van der Waals surface area contributed by atoms with Gasteiger partial charge >= 0.3 is 0 Å². The van der Waals surface area contributed by atoms with E-state index in [-0.39, 0.29) is 6.04 Å². The number of aryl methyl sites for hydroxylation is 1. The molecule has 0 amide bonds. The monoisotopic (exact) mass is 418 g/mol. The van der Waals surface area contributed by atoms with Crippen LogP contribution in [0.15, 0.2) is 82.1 Å². The molecule has 2 heterocycles. The summed E-state index contributed by atoms with van der Waals surface area (Å²) < 4.78 is 33.9. The molecule has 0 spiro atoms. The molecular formula is C24H22N2O3S. The lowest BCUT2D eigenvalue weighted by Crippen LogP contribution is -2.30. The molecule has 3 aromatic carbocycles. The van der Waals surface area contributed by atoms with Crippen molar-refractivity contribution in [1.82, 2.24) is 9.29 Å². The number of hydrogen-bond acceptors (Lipinski definition) is 4. The summed E-state index contributed by atoms with van der Waals surface area (Å²) in [5.41, 5.74) is 4.83. The van der Waals surface area contributed by atoms with E-state index in [4.69, 9.17) is 9.40 Å². The van der Waals surface area contributed by atoms with Crippen LogP contribution in [0.4, 0.5) is 0 Å². The second-order valence-corrected chi connectivity index (χ2v) is 9.53. The summed E-state index contributed by atoms with van der Waals surface area (Å²) in [6, 6.07) is 22.3. The molecule has 6 heteroatoms. The lowest BCUT2D eigenvalue weighted by atomic mass is 10.0. The number of fused-ring (bicyclic) bond motifs is 1. The third-order valence-corrected chi connectivity index (χ3v) is 7.62. The predicted octanol–water partition coefficient (Wildman–Crippen LogP) is 5.33. The van der Waals surface area contributed by atoms with Gasteiger partial charge in [-0.15, -0.1) is 0 Å². The number of hydrogen-bond donors (Lipinski definition) is 0. The zero-order valence-electron chi connectivity index (χ0n) is 16.7. The van der Waals surface area contributed by atoms with Crippen molar-refractivity contribution < 1.29 is 12.8 Å². The Morgan fingerprint density at radius 1 is 1.00 bits per heavy atom. The molecule has 0 saturated carbocycles. The molecule has 0 radical (unpaired) electrons. The van der Waals surface area contributed by atoms with Crippen molar-refractivity contribution >= 4 is 21.1 Å². The Hall–Kier alpha value is -2.96. The highest BCUT2D eigenvalue weighted by atomic mass is 32.2. The van der Waals surface area contributed by atoms with Crippen molar-refractivity contribution in [3.8, 4) is 11.1 Å². The Bertz CT molecular complexity index is 1310. The SMILES string of the molecule is Cc1ccccc1-c1ccc2oc([C@H]3CCCN3S(=O)(=O)c3ccccc3)nc2c1. The minimum atomic E-state index is -3.60. The van der Waals surface area contributed by atoms with E-state index in [0.29, 0.717) is 29.3 Å². The van der Waals surface area contributed by atoms with Gasteiger partial charge in [0.2, 0.25) is 15.9 Å². The Balaban J connectivity index is 1.52. The largest absolute Gasteiger partial charge is 0.439 e. The predicted molar refractivity (Wildman–Crippen MR) is 116 cm³/mol. The van der Waals surface area contributed by atoms with Gasteiger partial charge < -0.3 is 4.42 Å². The van der Waals surface area contributed by atoms with Gasteiger partial charge in [0, 0.05) is 6.54 Å². The Morgan fingerprint density at radius 3 is 2.57 bits per heavy atom. The molecule has 1 atom stereocenters. The molecule has 0 aliphatic carbocycles. The van der Waals surface area contributed by atoms with E-state index >= 15 is 0 Å². The molecule has 5 nitrogen and oxygen atoms in total. The Kier molecular flexibility index (Phi) is 4.68. The van der Waals surface area contributed by atoms with Gasteiger partial charge in [-0.1, -0.05) is 48.5 Å². The summed E-state index contributed by atoms with van der Waals surface area (Å²) in [7, 11) is -3.60. The summed E-state index contributed by atoms with van der Waals surface area (Å²) in [5, 5.41) is 0. The van der Waals surface area contributed by atoms with Crippen LogP contribution in [0.2, 0.25) is 0 Å². The van der Waals surface area contributed by atoms with Crippen LogP contribution in [0.1, 0.15) is 30.3 Å². The van der Waals surface area contributed by atoms with Crippen LogP contribution in [-0.2, 0) is 10.0 Å². The second kappa shape index (κ2) is 7.38. The topological polar surface area (TPSA) is 63.4 Å². The first kappa shape index (κ1) is 19.0. The molecule has 30 heavy (non-hydrogen) atoms. The minimum absolute atomic E-state index is 0.301. The molecule has 1 saturated heterocycles. The third kappa shape index (κ3) is 3.22. The smallest absolute Gasteiger partial charge is 0.243 e. The summed E-state index contributed by atoms with van der Waals surface area (Å²) in [6.07, 6.45) is 1.48. The molecule has 4 aromatic rings. The van der Waals surface area contributed by atoms with E-state index in [2.05, 4.69) is 19.1 Å². The van der Waals surface area contributed by atoms with E-state index in [9.17, 15) is 8.42 Å². The maximum absolute atomic E-state index is 13.2. The molecule has 0 N–H and O–H groups in total.